The van der Waals surface area contributed by atoms with Gasteiger partial charge in [-0.1, -0.05) is 22.9 Å². The van der Waals surface area contributed by atoms with Crippen LogP contribution in [0.25, 0.3) is 0 Å². The summed E-state index contributed by atoms with van der Waals surface area (Å²) in [6.45, 7) is 2.50. The smallest absolute Gasteiger partial charge is 0.185 e. The van der Waals surface area contributed by atoms with Gasteiger partial charge in [-0.15, -0.1) is 0 Å². The Morgan fingerprint density at radius 1 is 1.85 bits per heavy atom. The number of rotatable bonds is 3. The van der Waals surface area contributed by atoms with Gasteiger partial charge in [-0.05, 0) is 6.92 Å². The van der Waals surface area contributed by atoms with Crippen molar-refractivity contribution in [1.82, 2.24) is 4.98 Å². The lowest BCUT2D eigenvalue weighted by molar-refractivity contribution is 0.779. The molecule has 0 amide bonds. The van der Waals surface area contributed by atoms with Gasteiger partial charge < -0.3 is 11.1 Å². The van der Waals surface area contributed by atoms with Crippen LogP contribution in [0, 0.1) is 11.3 Å². The molecule has 0 fully saturated rings. The van der Waals surface area contributed by atoms with Crippen LogP contribution in [0.1, 0.15) is 11.8 Å². The first-order valence-corrected chi connectivity index (χ1v) is 4.88. The van der Waals surface area contributed by atoms with E-state index >= 15 is 0 Å². The van der Waals surface area contributed by atoms with E-state index in [9.17, 15) is 0 Å². The van der Waals surface area contributed by atoms with Crippen molar-refractivity contribution in [2.24, 2.45) is 5.73 Å². The molecule has 1 heterocycles. The average Bonchev–Trinajstić information content (AvgIpc) is 2.43. The summed E-state index contributed by atoms with van der Waals surface area (Å²) < 4.78 is 0. The highest BCUT2D eigenvalue weighted by Gasteiger charge is 2.07. The predicted molar refractivity (Wildman–Crippen MR) is 54.0 cm³/mol. The van der Waals surface area contributed by atoms with Gasteiger partial charge in [0.2, 0.25) is 0 Å². The number of halogens is 1. The number of thiazole rings is 1. The summed E-state index contributed by atoms with van der Waals surface area (Å²) in [5.41, 5.74) is 5.53. The van der Waals surface area contributed by atoms with Crippen LogP contribution in [-0.4, -0.2) is 17.6 Å². The Morgan fingerprint density at radius 3 is 3.00 bits per heavy atom. The zero-order valence-corrected chi connectivity index (χ0v) is 8.61. The van der Waals surface area contributed by atoms with Crippen LogP contribution in [0.4, 0.5) is 5.13 Å². The van der Waals surface area contributed by atoms with Crippen molar-refractivity contribution in [2.45, 2.75) is 13.0 Å². The Kier molecular flexibility index (Phi) is 3.48. The van der Waals surface area contributed by atoms with Crippen LogP contribution in [0.15, 0.2) is 0 Å². The molecule has 0 spiro atoms. The number of nitrogens with two attached hydrogens (primary N) is 1. The molecular formula is C7H9ClN4S. The number of aromatic nitrogens is 1. The molecule has 4 nitrogen and oxygen atoms in total. The second kappa shape index (κ2) is 4.42. The zero-order valence-electron chi connectivity index (χ0n) is 7.04. The van der Waals surface area contributed by atoms with E-state index in [4.69, 9.17) is 22.6 Å². The molecule has 0 saturated carbocycles. The minimum Gasteiger partial charge on any atom is -0.360 e. The molecule has 70 valence electrons. The summed E-state index contributed by atoms with van der Waals surface area (Å²) in [6, 6.07) is 2.01. The third-order valence-corrected chi connectivity index (χ3v) is 2.57. The number of nitrogens with one attached hydrogen (secondary N) is 1. The van der Waals surface area contributed by atoms with Crippen LogP contribution in [0.2, 0.25) is 5.15 Å². The SMILES string of the molecule is CC(N)CNc1nc(Cl)c(C#N)s1. The van der Waals surface area contributed by atoms with E-state index in [0.717, 1.165) is 0 Å². The summed E-state index contributed by atoms with van der Waals surface area (Å²) in [5.74, 6) is 0. The van der Waals surface area contributed by atoms with Gasteiger partial charge in [0.15, 0.2) is 10.3 Å². The van der Waals surface area contributed by atoms with E-state index in [-0.39, 0.29) is 11.2 Å². The van der Waals surface area contributed by atoms with Crippen LogP contribution >= 0.6 is 22.9 Å². The van der Waals surface area contributed by atoms with Crippen LogP contribution < -0.4 is 11.1 Å². The maximum atomic E-state index is 8.59. The number of nitrogens with zero attached hydrogens (tertiary/aromatic N) is 2. The number of nitriles is 1. The molecule has 1 rings (SSSR count). The van der Waals surface area contributed by atoms with E-state index < -0.39 is 0 Å². The summed E-state index contributed by atoms with van der Waals surface area (Å²) in [4.78, 5) is 4.37. The van der Waals surface area contributed by atoms with Gasteiger partial charge in [0.25, 0.3) is 0 Å². The van der Waals surface area contributed by atoms with Crippen molar-refractivity contribution < 1.29 is 0 Å². The van der Waals surface area contributed by atoms with Gasteiger partial charge >= 0.3 is 0 Å². The van der Waals surface area contributed by atoms with Gasteiger partial charge in [-0.3, -0.25) is 0 Å². The van der Waals surface area contributed by atoms with Gasteiger partial charge in [0, 0.05) is 12.6 Å². The quantitative estimate of drug-likeness (QED) is 0.802. The maximum Gasteiger partial charge on any atom is 0.185 e. The van der Waals surface area contributed by atoms with E-state index in [0.29, 0.717) is 16.6 Å². The molecule has 1 aromatic rings. The topological polar surface area (TPSA) is 74.7 Å². The van der Waals surface area contributed by atoms with Gasteiger partial charge in [-0.2, -0.15) is 5.26 Å². The van der Waals surface area contributed by atoms with Gasteiger partial charge in [0.1, 0.15) is 10.9 Å². The number of anilines is 1. The minimum absolute atomic E-state index is 0.0493. The molecule has 3 N–H and O–H groups in total. The van der Waals surface area contributed by atoms with Gasteiger partial charge in [-0.25, -0.2) is 4.98 Å². The number of hydrogen-bond donors (Lipinski definition) is 2. The Hall–Kier alpha value is -0.830. The van der Waals surface area contributed by atoms with Crippen LogP contribution in [0.3, 0.4) is 0 Å². The van der Waals surface area contributed by atoms with Crippen molar-refractivity contribution in [3.63, 3.8) is 0 Å². The lowest BCUT2D eigenvalue weighted by atomic mass is 10.4. The third-order valence-electron chi connectivity index (χ3n) is 1.26. The Labute approximate surface area is 85.3 Å². The van der Waals surface area contributed by atoms with Crippen molar-refractivity contribution in [3.8, 4) is 6.07 Å². The summed E-state index contributed by atoms with van der Waals surface area (Å²) in [6.07, 6.45) is 0. The largest absolute Gasteiger partial charge is 0.360 e. The first kappa shape index (κ1) is 10.3. The monoisotopic (exact) mass is 216 g/mol. The maximum absolute atomic E-state index is 8.59. The molecule has 0 aromatic carbocycles. The molecule has 1 unspecified atom stereocenters. The normalized spacial score (nSPS) is 12.2. The Bertz CT molecular complexity index is 328. The first-order valence-electron chi connectivity index (χ1n) is 3.69. The molecule has 0 saturated heterocycles. The molecule has 0 aliphatic heterocycles. The molecule has 1 atom stereocenters. The third kappa shape index (κ3) is 2.84. The Morgan fingerprint density at radius 2 is 2.54 bits per heavy atom. The van der Waals surface area contributed by atoms with E-state index in [2.05, 4.69) is 10.3 Å². The highest BCUT2D eigenvalue weighted by atomic mass is 35.5. The first-order chi connectivity index (χ1) is 6.13. The molecule has 0 aliphatic rings. The lowest BCUT2D eigenvalue weighted by Crippen LogP contribution is -2.25. The highest BCUT2D eigenvalue weighted by Crippen LogP contribution is 2.25. The summed E-state index contributed by atoms with van der Waals surface area (Å²) in [7, 11) is 0. The summed E-state index contributed by atoms with van der Waals surface area (Å²) in [5, 5.41) is 12.5. The van der Waals surface area contributed by atoms with Crippen molar-refractivity contribution >= 4 is 28.1 Å². The second-order valence-electron chi connectivity index (χ2n) is 2.61. The van der Waals surface area contributed by atoms with Gasteiger partial charge in [0.05, 0.1) is 0 Å². The highest BCUT2D eigenvalue weighted by molar-refractivity contribution is 7.16. The molecule has 0 radical (unpaired) electrons. The number of hydrogen-bond acceptors (Lipinski definition) is 5. The van der Waals surface area contributed by atoms with Crippen molar-refractivity contribution in [3.05, 3.63) is 10.0 Å². The lowest BCUT2D eigenvalue weighted by Gasteiger charge is -2.04. The van der Waals surface area contributed by atoms with Crippen molar-refractivity contribution in [2.75, 3.05) is 11.9 Å². The minimum atomic E-state index is 0.0493. The molecule has 13 heavy (non-hydrogen) atoms. The van der Waals surface area contributed by atoms with Crippen LogP contribution in [-0.2, 0) is 0 Å². The molecule has 0 aliphatic carbocycles. The molecule has 1 aromatic heterocycles. The standard InChI is InChI=1S/C7H9ClN4S/c1-4(10)3-11-7-12-6(8)5(2-9)13-7/h4H,3,10H2,1H3,(H,11,12). The second-order valence-corrected chi connectivity index (χ2v) is 3.97. The summed E-state index contributed by atoms with van der Waals surface area (Å²) >= 11 is 6.90. The Balaban J connectivity index is 2.64. The predicted octanol–water partition coefficient (Wildman–Crippen LogP) is 1.43. The van der Waals surface area contributed by atoms with E-state index in [1.165, 1.54) is 11.3 Å². The van der Waals surface area contributed by atoms with Crippen LogP contribution in [0.5, 0.6) is 0 Å². The fraction of sp³-hybridized carbons (Fsp3) is 0.429. The molecular weight excluding hydrogens is 208 g/mol. The van der Waals surface area contributed by atoms with E-state index in [1.807, 2.05) is 13.0 Å². The zero-order chi connectivity index (χ0) is 9.84. The molecule has 0 bridgehead atoms. The van der Waals surface area contributed by atoms with E-state index in [1.54, 1.807) is 0 Å². The fourth-order valence-corrected chi connectivity index (χ4v) is 1.65. The average molecular weight is 217 g/mol. The molecule has 6 heteroatoms. The fourth-order valence-electron chi connectivity index (χ4n) is 0.694. The van der Waals surface area contributed by atoms with Crippen molar-refractivity contribution in [1.29, 1.82) is 5.26 Å².